The van der Waals surface area contributed by atoms with Crippen LogP contribution in [0.1, 0.15) is 42.3 Å². The fraction of sp³-hybridized carbons (Fsp3) is 0.318. The Morgan fingerprint density at radius 1 is 1.07 bits per heavy atom. The van der Waals surface area contributed by atoms with E-state index in [0.29, 0.717) is 6.54 Å². The zero-order valence-electron chi connectivity index (χ0n) is 17.3. The maximum absolute atomic E-state index is 13.5. The summed E-state index contributed by atoms with van der Waals surface area (Å²) in [6, 6.07) is 11.7. The molecule has 0 bridgehead atoms. The van der Waals surface area contributed by atoms with E-state index in [-0.39, 0.29) is 16.5 Å². The van der Waals surface area contributed by atoms with Crippen LogP contribution in [-0.2, 0) is 13.6 Å². The molecule has 0 unspecified atom stereocenters. The highest BCUT2D eigenvalue weighted by Crippen LogP contribution is 2.22. The summed E-state index contributed by atoms with van der Waals surface area (Å²) in [5.41, 5.74) is 1.14. The molecule has 7 heteroatoms. The van der Waals surface area contributed by atoms with Gasteiger partial charge in [-0.05, 0) is 51.0 Å². The monoisotopic (exact) mass is 395 g/mol. The van der Waals surface area contributed by atoms with Gasteiger partial charge in [0, 0.05) is 19.1 Å². The fourth-order valence-corrected chi connectivity index (χ4v) is 3.47. The first-order chi connectivity index (χ1) is 13.5. The number of hydrogen-bond donors (Lipinski definition) is 1. The van der Waals surface area contributed by atoms with Gasteiger partial charge in [0.15, 0.2) is 0 Å². The van der Waals surface area contributed by atoms with E-state index in [1.54, 1.807) is 4.90 Å². The molecule has 0 aliphatic heterocycles. The Hall–Kier alpha value is -3.35. The maximum Gasteiger partial charge on any atom is 0.347 e. The summed E-state index contributed by atoms with van der Waals surface area (Å²) in [6.45, 7) is 8.01. The molecular formula is C22H25N3O4. The quantitative estimate of drug-likeness (QED) is 0.734. The van der Waals surface area contributed by atoms with Gasteiger partial charge in [-0.2, -0.15) is 4.68 Å². The Morgan fingerprint density at radius 3 is 2.31 bits per heavy atom. The van der Waals surface area contributed by atoms with Crippen LogP contribution >= 0.6 is 0 Å². The van der Waals surface area contributed by atoms with Crippen molar-refractivity contribution < 1.29 is 14.7 Å². The molecule has 0 aliphatic carbocycles. The van der Waals surface area contributed by atoms with Crippen molar-refractivity contribution in [1.82, 2.24) is 14.3 Å². The molecule has 0 radical (unpaired) electrons. The van der Waals surface area contributed by atoms with Crippen molar-refractivity contribution in [2.45, 2.75) is 39.8 Å². The molecule has 29 heavy (non-hydrogen) atoms. The summed E-state index contributed by atoms with van der Waals surface area (Å²) in [5, 5.41) is 9.69. The summed E-state index contributed by atoms with van der Waals surface area (Å²) >= 11 is 0. The SMILES string of the molecule is Cc1ccccc1CN(C(=O)n1c(=O)c2cccc(C(=O)O)c2n1C)C(C)(C)C. The topological polar surface area (TPSA) is 84.5 Å². The molecule has 1 amide bonds. The highest BCUT2D eigenvalue weighted by Gasteiger charge is 2.31. The van der Waals surface area contributed by atoms with E-state index >= 15 is 0 Å². The molecule has 1 aromatic heterocycles. The molecule has 0 saturated carbocycles. The van der Waals surface area contributed by atoms with Gasteiger partial charge in [0.05, 0.1) is 16.5 Å². The van der Waals surface area contributed by atoms with Crippen molar-refractivity contribution in [1.29, 1.82) is 0 Å². The predicted molar refractivity (Wildman–Crippen MR) is 111 cm³/mol. The number of rotatable bonds is 3. The van der Waals surface area contributed by atoms with Crippen molar-refractivity contribution in [3.05, 3.63) is 69.5 Å². The van der Waals surface area contributed by atoms with E-state index in [4.69, 9.17) is 0 Å². The number of benzene rings is 2. The number of fused-ring (bicyclic) bond motifs is 1. The van der Waals surface area contributed by atoms with E-state index in [2.05, 4.69) is 0 Å². The number of aromatic carboxylic acids is 1. The second kappa shape index (κ2) is 7.24. The first-order valence-corrected chi connectivity index (χ1v) is 9.34. The molecular weight excluding hydrogens is 370 g/mol. The Bertz CT molecular complexity index is 1160. The van der Waals surface area contributed by atoms with Crippen molar-refractivity contribution in [2.24, 2.45) is 7.05 Å². The van der Waals surface area contributed by atoms with Gasteiger partial charge in [0.2, 0.25) is 0 Å². The lowest BCUT2D eigenvalue weighted by atomic mass is 10.0. The molecule has 1 heterocycles. The maximum atomic E-state index is 13.5. The standard InChI is InChI=1S/C22H25N3O4/c1-14-9-6-7-10-15(14)13-24(22(2,3)4)21(29)25-19(26)16-11-8-12-17(20(27)28)18(16)23(25)5/h6-12H,13H2,1-5H3,(H,27,28). The number of carboxylic acids is 1. The first kappa shape index (κ1) is 20.4. The van der Waals surface area contributed by atoms with Crippen LogP contribution in [0, 0.1) is 6.92 Å². The second-order valence-electron chi connectivity index (χ2n) is 8.11. The Labute approximate surface area is 168 Å². The largest absolute Gasteiger partial charge is 0.478 e. The van der Waals surface area contributed by atoms with Crippen molar-refractivity contribution in [2.75, 3.05) is 0 Å². The molecule has 7 nitrogen and oxygen atoms in total. The lowest BCUT2D eigenvalue weighted by Crippen LogP contribution is -2.50. The van der Waals surface area contributed by atoms with E-state index in [9.17, 15) is 19.5 Å². The lowest BCUT2D eigenvalue weighted by Gasteiger charge is -2.36. The van der Waals surface area contributed by atoms with Gasteiger partial charge in [0.1, 0.15) is 0 Å². The van der Waals surface area contributed by atoms with E-state index < -0.39 is 23.1 Å². The molecule has 2 aromatic carbocycles. The highest BCUT2D eigenvalue weighted by molar-refractivity contribution is 6.02. The minimum atomic E-state index is -1.15. The number of carbonyl (C=O) groups is 2. The Kier molecular flexibility index (Phi) is 5.09. The van der Waals surface area contributed by atoms with Crippen LogP contribution in [-0.4, -0.2) is 36.9 Å². The first-order valence-electron chi connectivity index (χ1n) is 9.34. The molecule has 152 valence electrons. The molecule has 3 aromatic rings. The Balaban J connectivity index is 2.18. The van der Waals surface area contributed by atoms with Crippen LogP contribution in [0.3, 0.4) is 0 Å². The van der Waals surface area contributed by atoms with Gasteiger partial charge >= 0.3 is 12.0 Å². The number of para-hydroxylation sites is 1. The average molecular weight is 395 g/mol. The highest BCUT2D eigenvalue weighted by atomic mass is 16.4. The summed E-state index contributed by atoms with van der Waals surface area (Å²) in [5.74, 6) is -1.15. The fourth-order valence-electron chi connectivity index (χ4n) is 3.47. The van der Waals surface area contributed by atoms with Gasteiger partial charge < -0.3 is 10.0 Å². The predicted octanol–water partition coefficient (Wildman–Crippen LogP) is 3.62. The zero-order chi connectivity index (χ0) is 21.5. The van der Waals surface area contributed by atoms with Gasteiger partial charge in [0.25, 0.3) is 5.56 Å². The van der Waals surface area contributed by atoms with Crippen LogP contribution in [0.4, 0.5) is 4.79 Å². The molecule has 3 rings (SSSR count). The number of nitrogens with zero attached hydrogens (tertiary/aromatic N) is 3. The number of carbonyl (C=O) groups excluding carboxylic acids is 1. The lowest BCUT2D eigenvalue weighted by molar-refractivity contribution is 0.0698. The summed E-state index contributed by atoms with van der Waals surface area (Å²) in [6.07, 6.45) is 0. The van der Waals surface area contributed by atoms with E-state index in [1.165, 1.54) is 29.9 Å². The number of amides is 1. The van der Waals surface area contributed by atoms with E-state index in [0.717, 1.165) is 15.8 Å². The number of aryl methyl sites for hydroxylation is 2. The third kappa shape index (κ3) is 3.55. The van der Waals surface area contributed by atoms with Crippen molar-refractivity contribution >= 4 is 22.9 Å². The van der Waals surface area contributed by atoms with Crippen molar-refractivity contribution in [3.8, 4) is 0 Å². The summed E-state index contributed by atoms with van der Waals surface area (Å²) in [7, 11) is 1.53. The summed E-state index contributed by atoms with van der Waals surface area (Å²) in [4.78, 5) is 39.8. The Morgan fingerprint density at radius 2 is 1.72 bits per heavy atom. The van der Waals surface area contributed by atoms with Crippen LogP contribution in [0.25, 0.3) is 10.9 Å². The second-order valence-corrected chi connectivity index (χ2v) is 8.11. The molecule has 0 fully saturated rings. The third-order valence-corrected chi connectivity index (χ3v) is 5.12. The number of aromatic nitrogens is 2. The third-order valence-electron chi connectivity index (χ3n) is 5.12. The molecule has 0 spiro atoms. The van der Waals surface area contributed by atoms with Gasteiger partial charge in [-0.25, -0.2) is 9.59 Å². The van der Waals surface area contributed by atoms with Gasteiger partial charge in [-0.1, -0.05) is 30.3 Å². The number of hydrogen-bond acceptors (Lipinski definition) is 3. The van der Waals surface area contributed by atoms with Crippen LogP contribution in [0.5, 0.6) is 0 Å². The van der Waals surface area contributed by atoms with Crippen LogP contribution < -0.4 is 5.56 Å². The minimum absolute atomic E-state index is 0.0186. The van der Waals surface area contributed by atoms with Crippen molar-refractivity contribution in [3.63, 3.8) is 0 Å². The average Bonchev–Trinajstić information content (AvgIpc) is 2.90. The molecule has 0 saturated heterocycles. The van der Waals surface area contributed by atoms with Crippen LogP contribution in [0.2, 0.25) is 0 Å². The van der Waals surface area contributed by atoms with E-state index in [1.807, 2.05) is 52.0 Å². The molecule has 1 N–H and O–H groups in total. The normalized spacial score (nSPS) is 11.6. The van der Waals surface area contributed by atoms with Crippen LogP contribution in [0.15, 0.2) is 47.3 Å². The summed E-state index contributed by atoms with van der Waals surface area (Å²) < 4.78 is 2.35. The smallest absolute Gasteiger partial charge is 0.347 e. The van der Waals surface area contributed by atoms with Gasteiger partial charge in [-0.3, -0.25) is 9.48 Å². The molecule has 0 atom stereocenters. The van der Waals surface area contributed by atoms with Gasteiger partial charge in [-0.15, -0.1) is 0 Å². The minimum Gasteiger partial charge on any atom is -0.478 e. The zero-order valence-corrected chi connectivity index (χ0v) is 17.3. The number of carboxylic acid groups (broad SMARTS) is 1. The molecule has 0 aliphatic rings.